The van der Waals surface area contributed by atoms with Crippen molar-refractivity contribution in [2.45, 2.75) is 20.1 Å². The van der Waals surface area contributed by atoms with Gasteiger partial charge in [0.15, 0.2) is 6.29 Å². The average molecular weight is 371 g/mol. The molecule has 0 radical (unpaired) electrons. The minimum absolute atomic E-state index is 0.135. The van der Waals surface area contributed by atoms with E-state index in [0.717, 1.165) is 28.3 Å². The molecule has 0 unspecified atom stereocenters. The molecule has 3 rings (SSSR count). The molecule has 1 aliphatic rings. The van der Waals surface area contributed by atoms with Gasteiger partial charge in [0.25, 0.3) is 0 Å². The third-order valence-electron chi connectivity index (χ3n) is 4.72. The van der Waals surface area contributed by atoms with E-state index in [4.69, 9.17) is 18.9 Å². The summed E-state index contributed by atoms with van der Waals surface area (Å²) in [6.07, 6.45) is -0.487. The third-order valence-corrected chi connectivity index (χ3v) is 4.72. The van der Waals surface area contributed by atoms with Gasteiger partial charge in [-0.1, -0.05) is 12.1 Å². The maximum atomic E-state index is 12.8. The van der Waals surface area contributed by atoms with E-state index < -0.39 is 11.7 Å². The molecule has 0 spiro atoms. The molecule has 0 saturated carbocycles. The van der Waals surface area contributed by atoms with Crippen LogP contribution in [0.15, 0.2) is 42.5 Å². The number of nitrogens with one attached hydrogen (secondary N) is 1. The van der Waals surface area contributed by atoms with E-state index >= 15 is 0 Å². The molecule has 2 aromatic rings. The van der Waals surface area contributed by atoms with Crippen molar-refractivity contribution in [3.05, 3.63) is 53.6 Å². The smallest absolute Gasteiger partial charge is 0.235 e. The molecule has 0 aromatic heterocycles. The van der Waals surface area contributed by atoms with Crippen LogP contribution in [0, 0.1) is 12.3 Å². The summed E-state index contributed by atoms with van der Waals surface area (Å²) < 4.78 is 22.0. The number of hydrogen-bond donors (Lipinski definition) is 1. The first-order chi connectivity index (χ1) is 12.9. The van der Waals surface area contributed by atoms with Crippen molar-refractivity contribution in [2.75, 3.05) is 32.8 Å². The molecule has 0 aliphatic carbocycles. The van der Waals surface area contributed by atoms with Gasteiger partial charge in [-0.15, -0.1) is 0 Å². The van der Waals surface area contributed by atoms with Crippen LogP contribution < -0.4 is 14.8 Å². The SMILES string of the molecule is COc1ccc(C2OCC(C)(C(=O)Nc3ccc(OC)cc3C)CO2)cc1. The summed E-state index contributed by atoms with van der Waals surface area (Å²) >= 11 is 0. The number of hydrogen-bond acceptors (Lipinski definition) is 5. The second kappa shape index (κ2) is 7.98. The van der Waals surface area contributed by atoms with Crippen molar-refractivity contribution >= 4 is 11.6 Å². The summed E-state index contributed by atoms with van der Waals surface area (Å²) in [4.78, 5) is 12.8. The number of ether oxygens (including phenoxy) is 4. The Hall–Kier alpha value is -2.57. The Kier molecular flexibility index (Phi) is 5.68. The average Bonchev–Trinajstić information content (AvgIpc) is 2.70. The van der Waals surface area contributed by atoms with Crippen molar-refractivity contribution in [1.82, 2.24) is 0 Å². The highest BCUT2D eigenvalue weighted by molar-refractivity contribution is 5.96. The highest BCUT2D eigenvalue weighted by Crippen LogP contribution is 2.33. The first kappa shape index (κ1) is 19.2. The van der Waals surface area contributed by atoms with E-state index in [1.165, 1.54) is 0 Å². The van der Waals surface area contributed by atoms with Gasteiger partial charge in [-0.2, -0.15) is 0 Å². The van der Waals surface area contributed by atoms with Crippen LogP contribution in [0.25, 0.3) is 0 Å². The van der Waals surface area contributed by atoms with Gasteiger partial charge in [-0.3, -0.25) is 4.79 Å². The first-order valence-electron chi connectivity index (χ1n) is 8.78. The van der Waals surface area contributed by atoms with E-state index in [1.54, 1.807) is 14.2 Å². The first-order valence-corrected chi connectivity index (χ1v) is 8.78. The molecule has 6 heteroatoms. The molecule has 1 heterocycles. The maximum absolute atomic E-state index is 12.8. The molecule has 1 N–H and O–H groups in total. The fourth-order valence-electron chi connectivity index (χ4n) is 2.87. The molecular weight excluding hydrogens is 346 g/mol. The van der Waals surface area contributed by atoms with Crippen LogP contribution in [0.1, 0.15) is 24.3 Å². The van der Waals surface area contributed by atoms with E-state index in [9.17, 15) is 4.79 Å². The lowest BCUT2D eigenvalue weighted by Crippen LogP contribution is -2.45. The fourth-order valence-corrected chi connectivity index (χ4v) is 2.87. The van der Waals surface area contributed by atoms with Crippen LogP contribution in [0.4, 0.5) is 5.69 Å². The number of carbonyl (C=O) groups excluding carboxylic acids is 1. The molecule has 2 aromatic carbocycles. The number of rotatable bonds is 5. The summed E-state index contributed by atoms with van der Waals surface area (Å²) in [7, 11) is 3.24. The predicted octanol–water partition coefficient (Wildman–Crippen LogP) is 3.70. The molecule has 0 atom stereocenters. The van der Waals surface area contributed by atoms with E-state index in [1.807, 2.05) is 56.3 Å². The molecule has 1 fully saturated rings. The molecule has 27 heavy (non-hydrogen) atoms. The summed E-state index contributed by atoms with van der Waals surface area (Å²) in [5.41, 5.74) is 1.80. The van der Waals surface area contributed by atoms with Crippen molar-refractivity contribution in [3.8, 4) is 11.5 Å². The van der Waals surface area contributed by atoms with Gasteiger partial charge in [0.2, 0.25) is 5.91 Å². The van der Waals surface area contributed by atoms with Gasteiger partial charge in [0.1, 0.15) is 11.5 Å². The number of amides is 1. The highest BCUT2D eigenvalue weighted by Gasteiger charge is 2.40. The molecule has 144 valence electrons. The number of methoxy groups -OCH3 is 2. The van der Waals surface area contributed by atoms with Crippen LogP contribution in [0.5, 0.6) is 11.5 Å². The Balaban J connectivity index is 1.63. The minimum Gasteiger partial charge on any atom is -0.497 e. The second-order valence-electron chi connectivity index (χ2n) is 6.92. The lowest BCUT2D eigenvalue weighted by Gasteiger charge is -2.36. The number of aryl methyl sites for hydroxylation is 1. The van der Waals surface area contributed by atoms with Crippen molar-refractivity contribution in [3.63, 3.8) is 0 Å². The molecule has 6 nitrogen and oxygen atoms in total. The molecule has 1 aliphatic heterocycles. The Labute approximate surface area is 159 Å². The van der Waals surface area contributed by atoms with Crippen LogP contribution in [-0.4, -0.2) is 33.3 Å². The van der Waals surface area contributed by atoms with Gasteiger partial charge in [-0.25, -0.2) is 0 Å². The van der Waals surface area contributed by atoms with Crippen molar-refractivity contribution in [1.29, 1.82) is 0 Å². The Morgan fingerprint density at radius 1 is 1.04 bits per heavy atom. The van der Waals surface area contributed by atoms with Gasteiger partial charge in [0, 0.05) is 11.3 Å². The van der Waals surface area contributed by atoms with E-state index in [0.29, 0.717) is 0 Å². The monoisotopic (exact) mass is 371 g/mol. The lowest BCUT2D eigenvalue weighted by molar-refractivity contribution is -0.226. The van der Waals surface area contributed by atoms with Crippen molar-refractivity contribution < 1.29 is 23.7 Å². The summed E-state index contributed by atoms with van der Waals surface area (Å²) in [6, 6.07) is 13.0. The topological polar surface area (TPSA) is 66.0 Å². The quantitative estimate of drug-likeness (QED) is 0.868. The Morgan fingerprint density at radius 3 is 2.19 bits per heavy atom. The maximum Gasteiger partial charge on any atom is 0.235 e. The lowest BCUT2D eigenvalue weighted by atomic mass is 9.90. The zero-order valence-electron chi connectivity index (χ0n) is 16.1. The molecule has 0 bridgehead atoms. The normalized spacial score (nSPS) is 22.1. The Morgan fingerprint density at radius 2 is 1.63 bits per heavy atom. The van der Waals surface area contributed by atoms with Gasteiger partial charge >= 0.3 is 0 Å². The van der Waals surface area contributed by atoms with Crippen LogP contribution >= 0.6 is 0 Å². The van der Waals surface area contributed by atoms with Gasteiger partial charge in [0.05, 0.1) is 32.8 Å². The molecular formula is C21H25NO5. The second-order valence-corrected chi connectivity index (χ2v) is 6.92. The van der Waals surface area contributed by atoms with Crippen LogP contribution in [0.2, 0.25) is 0 Å². The zero-order chi connectivity index (χ0) is 19.4. The third kappa shape index (κ3) is 4.23. The molecule has 1 amide bonds. The molecule has 1 saturated heterocycles. The van der Waals surface area contributed by atoms with Gasteiger partial charge in [-0.05, 0) is 49.7 Å². The number of benzene rings is 2. The minimum atomic E-state index is -0.769. The van der Waals surface area contributed by atoms with E-state index in [2.05, 4.69) is 5.32 Å². The largest absolute Gasteiger partial charge is 0.497 e. The van der Waals surface area contributed by atoms with Gasteiger partial charge < -0.3 is 24.3 Å². The van der Waals surface area contributed by atoms with E-state index in [-0.39, 0.29) is 19.1 Å². The highest BCUT2D eigenvalue weighted by atomic mass is 16.7. The summed E-state index contributed by atoms with van der Waals surface area (Å²) in [5, 5.41) is 2.97. The van der Waals surface area contributed by atoms with Crippen LogP contribution in [-0.2, 0) is 14.3 Å². The summed E-state index contributed by atoms with van der Waals surface area (Å²) in [5.74, 6) is 1.39. The number of anilines is 1. The van der Waals surface area contributed by atoms with Crippen LogP contribution in [0.3, 0.4) is 0 Å². The fraction of sp³-hybridized carbons (Fsp3) is 0.381. The number of carbonyl (C=O) groups is 1. The van der Waals surface area contributed by atoms with Crippen molar-refractivity contribution in [2.24, 2.45) is 5.41 Å². The Bertz CT molecular complexity index is 795. The standard InChI is InChI=1S/C21H25NO5/c1-14-11-17(25-4)9-10-18(14)22-20(23)21(2)12-26-19(27-13-21)15-5-7-16(24-3)8-6-15/h5-11,19H,12-13H2,1-4H3,(H,22,23). The predicted molar refractivity (Wildman–Crippen MR) is 102 cm³/mol. The summed E-state index contributed by atoms with van der Waals surface area (Å²) in [6.45, 7) is 4.30. The zero-order valence-corrected chi connectivity index (χ0v) is 16.1.